The van der Waals surface area contributed by atoms with Gasteiger partial charge in [0.2, 0.25) is 0 Å². The number of aliphatic carboxylic acids is 1. The number of carboxylic acid groups (broad SMARTS) is 1. The third-order valence-corrected chi connectivity index (χ3v) is 3.02. The lowest BCUT2D eigenvalue weighted by molar-refractivity contribution is -0.137. The van der Waals surface area contributed by atoms with E-state index in [-0.39, 0.29) is 0 Å². The molecule has 0 aliphatic carbocycles. The quantitative estimate of drug-likeness (QED) is 0.898. The Morgan fingerprint density at radius 1 is 1.17 bits per heavy atom. The average Bonchev–Trinajstić information content (AvgIpc) is 2.33. The molecular formula is C15H15NO2. The van der Waals surface area contributed by atoms with E-state index in [9.17, 15) is 9.90 Å². The molecule has 92 valence electrons. The molecule has 0 spiro atoms. The summed E-state index contributed by atoms with van der Waals surface area (Å²) in [6, 6.07) is 9.34. The third kappa shape index (κ3) is 2.40. The highest BCUT2D eigenvalue weighted by atomic mass is 16.4. The van der Waals surface area contributed by atoms with Gasteiger partial charge in [0, 0.05) is 12.4 Å². The van der Waals surface area contributed by atoms with Gasteiger partial charge in [0.1, 0.15) is 5.92 Å². The van der Waals surface area contributed by atoms with Gasteiger partial charge in [0.05, 0.1) is 0 Å². The first-order valence-corrected chi connectivity index (χ1v) is 5.79. The van der Waals surface area contributed by atoms with Crippen LogP contribution in [0.5, 0.6) is 0 Å². The molecule has 0 aliphatic heterocycles. The van der Waals surface area contributed by atoms with Crippen molar-refractivity contribution in [2.45, 2.75) is 19.8 Å². The van der Waals surface area contributed by atoms with Crippen LogP contribution in [0.3, 0.4) is 0 Å². The zero-order valence-electron chi connectivity index (χ0n) is 10.4. The van der Waals surface area contributed by atoms with Gasteiger partial charge < -0.3 is 5.11 Å². The maximum absolute atomic E-state index is 11.5. The molecule has 3 nitrogen and oxygen atoms in total. The first kappa shape index (κ1) is 12.3. The van der Waals surface area contributed by atoms with Crippen LogP contribution in [0.2, 0.25) is 0 Å². The number of benzene rings is 1. The molecule has 0 saturated carbocycles. The molecule has 3 heteroatoms. The fourth-order valence-electron chi connectivity index (χ4n) is 2.16. The van der Waals surface area contributed by atoms with Crippen molar-refractivity contribution in [3.05, 3.63) is 65.0 Å². The third-order valence-electron chi connectivity index (χ3n) is 3.02. The monoisotopic (exact) mass is 241 g/mol. The van der Waals surface area contributed by atoms with Crippen molar-refractivity contribution in [1.29, 1.82) is 0 Å². The van der Waals surface area contributed by atoms with E-state index in [1.165, 1.54) is 0 Å². The summed E-state index contributed by atoms with van der Waals surface area (Å²) < 4.78 is 0. The lowest BCUT2D eigenvalue weighted by Gasteiger charge is -2.16. The van der Waals surface area contributed by atoms with Gasteiger partial charge in [0.25, 0.3) is 0 Å². The van der Waals surface area contributed by atoms with Crippen LogP contribution in [-0.4, -0.2) is 16.1 Å². The molecule has 18 heavy (non-hydrogen) atoms. The molecule has 1 unspecified atom stereocenters. The number of rotatable bonds is 3. The van der Waals surface area contributed by atoms with Crippen molar-refractivity contribution >= 4 is 5.97 Å². The van der Waals surface area contributed by atoms with Gasteiger partial charge in [-0.3, -0.25) is 9.78 Å². The summed E-state index contributed by atoms with van der Waals surface area (Å²) >= 11 is 0. The first-order valence-electron chi connectivity index (χ1n) is 5.79. The molecule has 2 aromatic rings. The minimum Gasteiger partial charge on any atom is -0.481 e. The van der Waals surface area contributed by atoms with E-state index >= 15 is 0 Å². The van der Waals surface area contributed by atoms with Gasteiger partial charge in [0.15, 0.2) is 0 Å². The highest BCUT2D eigenvalue weighted by molar-refractivity contribution is 5.80. The van der Waals surface area contributed by atoms with Crippen LogP contribution in [-0.2, 0) is 4.79 Å². The van der Waals surface area contributed by atoms with Crippen LogP contribution in [0.15, 0.2) is 42.7 Å². The summed E-state index contributed by atoms with van der Waals surface area (Å²) in [6.07, 6.45) is 3.24. The number of nitrogens with zero attached hydrogens (tertiary/aromatic N) is 1. The number of carbonyl (C=O) groups is 1. The lowest BCUT2D eigenvalue weighted by atomic mass is 9.88. The molecule has 1 aromatic carbocycles. The number of aromatic nitrogens is 1. The molecule has 1 atom stereocenters. The van der Waals surface area contributed by atoms with Crippen molar-refractivity contribution < 1.29 is 9.90 Å². The first-order chi connectivity index (χ1) is 8.59. The van der Waals surface area contributed by atoms with E-state index in [0.717, 1.165) is 22.3 Å². The topological polar surface area (TPSA) is 50.2 Å². The number of aryl methyl sites for hydroxylation is 2. The molecule has 0 fully saturated rings. The van der Waals surface area contributed by atoms with Crippen LogP contribution in [0, 0.1) is 13.8 Å². The Balaban J connectivity index is 2.52. The molecule has 0 bridgehead atoms. The average molecular weight is 241 g/mol. The van der Waals surface area contributed by atoms with Gasteiger partial charge >= 0.3 is 5.97 Å². The van der Waals surface area contributed by atoms with E-state index in [4.69, 9.17) is 0 Å². The van der Waals surface area contributed by atoms with Crippen molar-refractivity contribution in [1.82, 2.24) is 4.98 Å². The molecule has 0 radical (unpaired) electrons. The van der Waals surface area contributed by atoms with E-state index < -0.39 is 11.9 Å². The summed E-state index contributed by atoms with van der Waals surface area (Å²) in [5.41, 5.74) is 3.72. The van der Waals surface area contributed by atoms with Gasteiger partial charge in [-0.15, -0.1) is 0 Å². The van der Waals surface area contributed by atoms with Crippen molar-refractivity contribution in [3.63, 3.8) is 0 Å². The van der Waals surface area contributed by atoms with Crippen LogP contribution < -0.4 is 0 Å². The highest BCUT2D eigenvalue weighted by Gasteiger charge is 2.23. The summed E-state index contributed by atoms with van der Waals surface area (Å²) in [4.78, 5) is 15.4. The molecular weight excluding hydrogens is 226 g/mol. The van der Waals surface area contributed by atoms with Gasteiger partial charge in [-0.2, -0.15) is 0 Å². The van der Waals surface area contributed by atoms with Crippen LogP contribution >= 0.6 is 0 Å². The normalized spacial score (nSPS) is 12.1. The number of hydrogen-bond acceptors (Lipinski definition) is 2. The van der Waals surface area contributed by atoms with E-state index in [1.54, 1.807) is 24.5 Å². The predicted molar refractivity (Wildman–Crippen MR) is 69.6 cm³/mol. The number of pyridine rings is 1. The SMILES string of the molecule is Cc1ccc(C(C(=O)O)c2ccncc2)c(C)c1. The smallest absolute Gasteiger partial charge is 0.315 e. The van der Waals surface area contributed by atoms with Crippen molar-refractivity contribution in [2.24, 2.45) is 0 Å². The van der Waals surface area contributed by atoms with E-state index in [1.807, 2.05) is 32.0 Å². The Morgan fingerprint density at radius 3 is 2.39 bits per heavy atom. The second-order valence-electron chi connectivity index (χ2n) is 4.41. The van der Waals surface area contributed by atoms with Crippen molar-refractivity contribution in [2.75, 3.05) is 0 Å². The zero-order chi connectivity index (χ0) is 13.1. The molecule has 2 rings (SSSR count). The van der Waals surface area contributed by atoms with Gasteiger partial charge in [-0.05, 0) is 42.7 Å². The van der Waals surface area contributed by atoms with E-state index in [0.29, 0.717) is 0 Å². The largest absolute Gasteiger partial charge is 0.481 e. The Labute approximate surface area is 106 Å². The fraction of sp³-hybridized carbons (Fsp3) is 0.200. The Kier molecular flexibility index (Phi) is 3.42. The predicted octanol–water partition coefficient (Wildman–Crippen LogP) is 2.91. The van der Waals surface area contributed by atoms with Crippen LogP contribution in [0.25, 0.3) is 0 Å². The maximum atomic E-state index is 11.5. The minimum atomic E-state index is -0.840. The summed E-state index contributed by atoms with van der Waals surface area (Å²) in [6.45, 7) is 3.94. The highest BCUT2D eigenvalue weighted by Crippen LogP contribution is 2.27. The van der Waals surface area contributed by atoms with Crippen molar-refractivity contribution in [3.8, 4) is 0 Å². The number of hydrogen-bond donors (Lipinski definition) is 1. The molecule has 1 heterocycles. The standard InChI is InChI=1S/C15H15NO2/c1-10-3-4-13(11(2)9-10)14(15(17)18)12-5-7-16-8-6-12/h3-9,14H,1-2H3,(H,17,18). The fourth-order valence-corrected chi connectivity index (χ4v) is 2.16. The van der Waals surface area contributed by atoms with Gasteiger partial charge in [-0.25, -0.2) is 0 Å². The summed E-state index contributed by atoms with van der Waals surface area (Å²) in [5.74, 6) is -1.47. The second kappa shape index (κ2) is 5.00. The second-order valence-corrected chi connectivity index (χ2v) is 4.41. The molecule has 0 saturated heterocycles. The lowest BCUT2D eigenvalue weighted by Crippen LogP contribution is -2.14. The molecule has 1 N–H and O–H groups in total. The summed E-state index contributed by atoms with van der Waals surface area (Å²) in [7, 11) is 0. The molecule has 1 aromatic heterocycles. The minimum absolute atomic E-state index is 0.631. The van der Waals surface area contributed by atoms with Crippen LogP contribution in [0.1, 0.15) is 28.2 Å². The number of carboxylic acids is 1. The van der Waals surface area contributed by atoms with Gasteiger partial charge in [-0.1, -0.05) is 23.8 Å². The Bertz CT molecular complexity index is 564. The molecule has 0 aliphatic rings. The molecule has 0 amide bonds. The Hall–Kier alpha value is -2.16. The zero-order valence-corrected chi connectivity index (χ0v) is 10.4. The maximum Gasteiger partial charge on any atom is 0.315 e. The van der Waals surface area contributed by atoms with E-state index in [2.05, 4.69) is 4.98 Å². The Morgan fingerprint density at radius 2 is 1.83 bits per heavy atom. The van der Waals surface area contributed by atoms with Crippen LogP contribution in [0.4, 0.5) is 0 Å². The summed E-state index contributed by atoms with van der Waals surface area (Å²) in [5, 5.41) is 9.45.